The number of nitrogens with one attached hydrogen (secondary N) is 1. The highest BCUT2D eigenvalue weighted by atomic mass is 32.2. The second kappa shape index (κ2) is 6.03. The van der Waals surface area contributed by atoms with E-state index in [1.165, 1.54) is 0 Å². The summed E-state index contributed by atoms with van der Waals surface area (Å²) in [6, 6.07) is 6.64. The molecule has 0 heterocycles. The smallest absolute Gasteiger partial charge is 0.240 e. The highest BCUT2D eigenvalue weighted by Gasteiger charge is 2.19. The summed E-state index contributed by atoms with van der Waals surface area (Å²) in [6.07, 6.45) is 0.402. The van der Waals surface area contributed by atoms with Gasteiger partial charge in [-0.25, -0.2) is 13.1 Å². The maximum Gasteiger partial charge on any atom is 0.240 e. The lowest BCUT2D eigenvalue weighted by Crippen LogP contribution is -2.33. The molecule has 0 radical (unpaired) electrons. The lowest BCUT2D eigenvalue weighted by molar-refractivity contribution is 0.275. The zero-order chi connectivity index (χ0) is 14.7. The number of sulfonamides is 1. The van der Waals surface area contributed by atoms with Gasteiger partial charge in [0.05, 0.1) is 4.90 Å². The average molecular weight is 285 g/mol. The number of aliphatic hydroxyl groups excluding tert-OH is 1. The van der Waals surface area contributed by atoms with Crippen LogP contribution in [-0.2, 0) is 15.4 Å². The van der Waals surface area contributed by atoms with Gasteiger partial charge >= 0.3 is 0 Å². The van der Waals surface area contributed by atoms with E-state index in [2.05, 4.69) is 25.5 Å². The first-order chi connectivity index (χ1) is 8.66. The van der Waals surface area contributed by atoms with Crippen molar-refractivity contribution in [3.8, 4) is 0 Å². The Balaban J connectivity index is 2.91. The second-order valence-corrected chi connectivity index (χ2v) is 7.52. The van der Waals surface area contributed by atoms with E-state index in [4.69, 9.17) is 5.11 Å². The lowest BCUT2D eigenvalue weighted by atomic mass is 9.87. The van der Waals surface area contributed by atoms with Crippen LogP contribution >= 0.6 is 0 Å². The Morgan fingerprint density at radius 3 is 2.16 bits per heavy atom. The Labute approximate surface area is 115 Å². The van der Waals surface area contributed by atoms with Crippen molar-refractivity contribution in [3.05, 3.63) is 29.8 Å². The van der Waals surface area contributed by atoms with Crippen LogP contribution in [0.1, 0.15) is 39.7 Å². The van der Waals surface area contributed by atoms with Gasteiger partial charge in [-0.15, -0.1) is 0 Å². The van der Waals surface area contributed by atoms with Crippen LogP contribution in [0.2, 0.25) is 0 Å². The molecule has 0 aliphatic carbocycles. The highest BCUT2D eigenvalue weighted by Crippen LogP contribution is 2.23. The number of hydrogen-bond donors (Lipinski definition) is 2. The van der Waals surface area contributed by atoms with Crippen LogP contribution in [0.15, 0.2) is 29.2 Å². The van der Waals surface area contributed by atoms with Crippen LogP contribution in [0.5, 0.6) is 0 Å². The molecule has 1 aromatic rings. The van der Waals surface area contributed by atoms with Gasteiger partial charge in [-0.3, -0.25) is 0 Å². The molecule has 1 rings (SSSR count). The van der Waals surface area contributed by atoms with Crippen molar-refractivity contribution < 1.29 is 13.5 Å². The van der Waals surface area contributed by atoms with E-state index in [1.807, 2.05) is 12.1 Å². The van der Waals surface area contributed by atoms with Gasteiger partial charge in [0.2, 0.25) is 10.0 Å². The molecule has 0 saturated carbocycles. The topological polar surface area (TPSA) is 66.4 Å². The minimum atomic E-state index is -3.51. The molecule has 0 bridgehead atoms. The summed E-state index contributed by atoms with van der Waals surface area (Å²) in [5.74, 6) is 0. The predicted molar refractivity (Wildman–Crippen MR) is 76.6 cm³/mol. The fraction of sp³-hybridized carbons (Fsp3) is 0.571. The zero-order valence-electron chi connectivity index (χ0n) is 12.0. The van der Waals surface area contributed by atoms with Gasteiger partial charge in [0.25, 0.3) is 0 Å². The largest absolute Gasteiger partial charge is 0.396 e. The molecule has 0 aromatic heterocycles. The zero-order valence-corrected chi connectivity index (χ0v) is 12.8. The average Bonchev–Trinajstić information content (AvgIpc) is 2.27. The molecule has 0 aliphatic rings. The lowest BCUT2D eigenvalue weighted by Gasteiger charge is -2.19. The van der Waals surface area contributed by atoms with Gasteiger partial charge in [0, 0.05) is 12.6 Å². The normalized spacial score (nSPS) is 14.4. The maximum absolute atomic E-state index is 12.1. The summed E-state index contributed by atoms with van der Waals surface area (Å²) >= 11 is 0. The Hall–Kier alpha value is -0.910. The van der Waals surface area contributed by atoms with Crippen molar-refractivity contribution in [2.24, 2.45) is 0 Å². The minimum Gasteiger partial charge on any atom is -0.396 e. The molecule has 1 aromatic carbocycles. The molecule has 0 spiro atoms. The first-order valence-corrected chi connectivity index (χ1v) is 7.89. The van der Waals surface area contributed by atoms with Crippen molar-refractivity contribution in [2.45, 2.75) is 50.5 Å². The molecule has 0 fully saturated rings. The van der Waals surface area contributed by atoms with Crippen molar-refractivity contribution in [2.75, 3.05) is 6.61 Å². The van der Waals surface area contributed by atoms with Gasteiger partial charge in [-0.1, -0.05) is 32.9 Å². The molecule has 4 nitrogen and oxygen atoms in total. The van der Waals surface area contributed by atoms with E-state index < -0.39 is 10.0 Å². The molecule has 0 amide bonds. The van der Waals surface area contributed by atoms with E-state index in [0.717, 1.165) is 5.56 Å². The molecule has 0 saturated heterocycles. The van der Waals surface area contributed by atoms with Crippen LogP contribution in [0.4, 0.5) is 0 Å². The van der Waals surface area contributed by atoms with E-state index in [1.54, 1.807) is 19.1 Å². The van der Waals surface area contributed by atoms with Gasteiger partial charge in [0.15, 0.2) is 0 Å². The quantitative estimate of drug-likeness (QED) is 0.870. The third-order valence-corrected chi connectivity index (χ3v) is 4.55. The fourth-order valence-electron chi connectivity index (χ4n) is 1.72. The van der Waals surface area contributed by atoms with Gasteiger partial charge in [-0.2, -0.15) is 0 Å². The predicted octanol–water partition coefficient (Wildman–Crippen LogP) is 2.03. The van der Waals surface area contributed by atoms with E-state index in [9.17, 15) is 8.42 Å². The number of rotatable bonds is 5. The SMILES string of the molecule is CC(CCO)NS(=O)(=O)c1ccc(C(C)(C)C)cc1. The van der Waals surface area contributed by atoms with Crippen molar-refractivity contribution in [1.82, 2.24) is 4.72 Å². The Kier molecular flexibility index (Phi) is 5.12. The molecule has 5 heteroatoms. The van der Waals surface area contributed by atoms with Crippen molar-refractivity contribution >= 4 is 10.0 Å². The molecule has 1 unspecified atom stereocenters. The minimum absolute atomic E-state index is 0.0000988. The standard InChI is InChI=1S/C14H23NO3S/c1-11(9-10-16)15-19(17,18)13-7-5-12(6-8-13)14(2,3)4/h5-8,11,15-16H,9-10H2,1-4H3. The van der Waals surface area contributed by atoms with Gasteiger partial charge in [0.1, 0.15) is 0 Å². The first kappa shape index (κ1) is 16.1. The first-order valence-electron chi connectivity index (χ1n) is 6.40. The molecule has 1 atom stereocenters. The maximum atomic E-state index is 12.1. The van der Waals surface area contributed by atoms with E-state index >= 15 is 0 Å². The third kappa shape index (κ3) is 4.60. The molecule has 19 heavy (non-hydrogen) atoms. The molecular formula is C14H23NO3S. The molecule has 0 aliphatic heterocycles. The fourth-order valence-corrected chi connectivity index (χ4v) is 3.00. The number of hydrogen-bond acceptors (Lipinski definition) is 3. The van der Waals surface area contributed by atoms with Crippen LogP contribution in [0.3, 0.4) is 0 Å². The molecule has 108 valence electrons. The Bertz CT molecular complexity index is 500. The second-order valence-electron chi connectivity index (χ2n) is 5.81. The van der Waals surface area contributed by atoms with Gasteiger partial charge < -0.3 is 5.11 Å². The summed E-state index contributed by atoms with van der Waals surface area (Å²) in [4.78, 5) is 0.255. The molecule has 2 N–H and O–H groups in total. The van der Waals surface area contributed by atoms with Crippen LogP contribution in [-0.4, -0.2) is 26.2 Å². The van der Waals surface area contributed by atoms with Crippen LogP contribution < -0.4 is 4.72 Å². The summed E-state index contributed by atoms with van der Waals surface area (Å²) in [5.41, 5.74) is 1.09. The van der Waals surface area contributed by atoms with Crippen molar-refractivity contribution in [1.29, 1.82) is 0 Å². The Morgan fingerprint density at radius 1 is 1.21 bits per heavy atom. The van der Waals surface area contributed by atoms with Crippen LogP contribution in [0, 0.1) is 0 Å². The van der Waals surface area contributed by atoms with Crippen molar-refractivity contribution in [3.63, 3.8) is 0 Å². The van der Waals surface area contributed by atoms with Gasteiger partial charge in [-0.05, 0) is 36.5 Å². The third-order valence-electron chi connectivity index (χ3n) is 2.95. The van der Waals surface area contributed by atoms with E-state index in [0.29, 0.717) is 6.42 Å². The molecular weight excluding hydrogens is 262 g/mol. The summed E-state index contributed by atoms with van der Waals surface area (Å²) in [5, 5.41) is 8.80. The summed E-state index contributed by atoms with van der Waals surface area (Å²) in [6.45, 7) is 7.94. The van der Waals surface area contributed by atoms with E-state index in [-0.39, 0.29) is 23.0 Å². The monoisotopic (exact) mass is 285 g/mol. The highest BCUT2D eigenvalue weighted by molar-refractivity contribution is 7.89. The Morgan fingerprint density at radius 2 is 1.74 bits per heavy atom. The van der Waals surface area contributed by atoms with Crippen LogP contribution in [0.25, 0.3) is 0 Å². The number of aliphatic hydroxyl groups is 1. The number of benzene rings is 1. The summed E-state index contributed by atoms with van der Waals surface area (Å²) < 4.78 is 26.7. The summed E-state index contributed by atoms with van der Waals surface area (Å²) in [7, 11) is -3.51.